The predicted molar refractivity (Wildman–Crippen MR) is 115 cm³/mol. The minimum absolute atomic E-state index is 0.0511. The number of rotatable bonds is 8. The van der Waals surface area contributed by atoms with Crippen LogP contribution in [0.3, 0.4) is 0 Å². The number of benzene rings is 2. The van der Waals surface area contributed by atoms with Crippen molar-refractivity contribution >= 4 is 55.8 Å². The van der Waals surface area contributed by atoms with E-state index in [4.69, 9.17) is 32.4 Å². The molecule has 0 bridgehead atoms. The molecule has 0 atom stereocenters. The van der Waals surface area contributed by atoms with Gasteiger partial charge in [0.25, 0.3) is 10.0 Å². The largest absolute Gasteiger partial charge is 0.443 e. The molecule has 0 amide bonds. The number of hydrogen-bond acceptors (Lipinski definition) is 7. The first-order valence-corrected chi connectivity index (χ1v) is 11.1. The Morgan fingerprint density at radius 2 is 2.03 bits per heavy atom. The van der Waals surface area contributed by atoms with Crippen molar-refractivity contribution in [3.8, 4) is 0 Å². The van der Waals surface area contributed by atoms with Crippen molar-refractivity contribution in [3.05, 3.63) is 70.4 Å². The smallest absolute Gasteiger partial charge is 0.361 e. The summed E-state index contributed by atoms with van der Waals surface area (Å²) in [4.78, 5) is 10.6. The van der Waals surface area contributed by atoms with Gasteiger partial charge in [0, 0.05) is 27.1 Å². The van der Waals surface area contributed by atoms with E-state index in [0.717, 1.165) is 17.8 Å². The van der Waals surface area contributed by atoms with E-state index in [9.17, 15) is 13.3 Å². The minimum Gasteiger partial charge on any atom is -0.443 e. The molecule has 156 valence electrons. The molecule has 0 saturated carbocycles. The van der Waals surface area contributed by atoms with E-state index >= 15 is 0 Å². The van der Waals surface area contributed by atoms with E-state index in [1.165, 1.54) is 12.1 Å². The van der Waals surface area contributed by atoms with Crippen molar-refractivity contribution in [1.29, 1.82) is 5.41 Å². The van der Waals surface area contributed by atoms with Crippen LogP contribution in [0.25, 0.3) is 11.0 Å². The van der Waals surface area contributed by atoms with Gasteiger partial charge in [-0.1, -0.05) is 29.8 Å². The summed E-state index contributed by atoms with van der Waals surface area (Å²) >= 11 is 7.13. The molecule has 0 aliphatic carbocycles. The molecule has 0 fully saturated rings. The molecule has 12 heteroatoms. The van der Waals surface area contributed by atoms with Gasteiger partial charge in [-0.3, -0.25) is 10.5 Å². The molecule has 0 radical (unpaired) electrons. The van der Waals surface area contributed by atoms with Gasteiger partial charge in [-0.25, -0.2) is 0 Å². The number of furan rings is 1. The third-order valence-electron chi connectivity index (χ3n) is 3.78. The number of nitrogens with one attached hydrogen (secondary N) is 2. The molecule has 30 heavy (non-hydrogen) atoms. The summed E-state index contributed by atoms with van der Waals surface area (Å²) < 4.78 is 33.5. The lowest BCUT2D eigenvalue weighted by atomic mass is 10.3. The lowest BCUT2D eigenvalue weighted by Crippen LogP contribution is -2.14. The van der Waals surface area contributed by atoms with Crippen molar-refractivity contribution in [2.24, 2.45) is 5.73 Å². The molecule has 0 aliphatic heterocycles. The highest BCUT2D eigenvalue weighted by Crippen LogP contribution is 2.32. The summed E-state index contributed by atoms with van der Waals surface area (Å²) in [6, 6.07) is 12.9. The van der Waals surface area contributed by atoms with Gasteiger partial charge in [0.1, 0.15) is 5.58 Å². The molecular weight excluding hydrogens is 452 g/mol. The number of anilines is 1. The van der Waals surface area contributed by atoms with Crippen molar-refractivity contribution in [2.45, 2.75) is 9.99 Å². The molecule has 9 nitrogen and oxygen atoms in total. The number of hydrogen-bond donors (Lipinski definition) is 4. The highest BCUT2D eigenvalue weighted by atomic mass is 35.5. The minimum atomic E-state index is -4.04. The fourth-order valence-electron chi connectivity index (χ4n) is 2.42. The van der Waals surface area contributed by atoms with E-state index in [2.05, 4.69) is 4.72 Å². The van der Waals surface area contributed by atoms with E-state index < -0.39 is 20.8 Å². The summed E-state index contributed by atoms with van der Waals surface area (Å²) in [6.45, 7) is 0. The van der Waals surface area contributed by atoms with Crippen molar-refractivity contribution in [1.82, 2.24) is 0 Å². The molecule has 0 saturated heterocycles. The molecular formula is C18H16ClN4O5S2+. The Morgan fingerprint density at radius 3 is 2.73 bits per heavy atom. The third-order valence-corrected chi connectivity index (χ3v) is 6.36. The van der Waals surface area contributed by atoms with Crippen LogP contribution in [0.4, 0.5) is 5.69 Å². The molecule has 3 rings (SSSR count). The van der Waals surface area contributed by atoms with Gasteiger partial charge in [-0.15, -0.1) is 11.8 Å². The average molecular weight is 468 g/mol. The number of fused-ring (bicyclic) bond motifs is 1. The zero-order valence-electron chi connectivity index (χ0n) is 15.2. The summed E-state index contributed by atoms with van der Waals surface area (Å²) in [5.74, 6) is -0.488. The van der Waals surface area contributed by atoms with Crippen LogP contribution in [-0.4, -0.2) is 30.0 Å². The van der Waals surface area contributed by atoms with Crippen LogP contribution < -0.4 is 10.5 Å². The zero-order valence-corrected chi connectivity index (χ0v) is 17.6. The van der Waals surface area contributed by atoms with Gasteiger partial charge in [0.05, 0.1) is 17.5 Å². The quantitative estimate of drug-likeness (QED) is 0.222. The van der Waals surface area contributed by atoms with Crippen LogP contribution in [0.15, 0.2) is 74.8 Å². The second-order valence-electron chi connectivity index (χ2n) is 6.01. The summed E-state index contributed by atoms with van der Waals surface area (Å²) in [6.07, 6.45) is 0.994. The Hall–Kier alpha value is -3.02. The number of halogens is 1. The predicted octanol–water partition coefficient (Wildman–Crippen LogP) is 3.97. The number of thioether (sulfide) groups is 1. The normalized spacial score (nSPS) is 12.1. The first kappa shape index (κ1) is 21.7. The fraction of sp³-hybridized carbons (Fsp3) is 0.0556. The summed E-state index contributed by atoms with van der Waals surface area (Å²) in [7, 11) is -4.04. The van der Waals surface area contributed by atoms with Crippen LogP contribution in [-0.2, 0) is 10.0 Å². The van der Waals surface area contributed by atoms with Gasteiger partial charge >= 0.3 is 5.82 Å². The Morgan fingerprint density at radius 1 is 1.30 bits per heavy atom. The van der Waals surface area contributed by atoms with Gasteiger partial charge in [-0.05, 0) is 29.2 Å². The van der Waals surface area contributed by atoms with Crippen LogP contribution in [0.5, 0.6) is 0 Å². The number of nitrogens with two attached hydrogens (primary N) is 1. The maximum atomic E-state index is 12.8. The van der Waals surface area contributed by atoms with Gasteiger partial charge in [0.15, 0.2) is 4.92 Å². The average Bonchev–Trinajstić information content (AvgIpc) is 3.12. The fourth-order valence-corrected chi connectivity index (χ4v) is 4.53. The Kier molecular flexibility index (Phi) is 6.34. The molecule has 1 heterocycles. The standard InChI is InChI=1S/C18H16ClN4O5S2/c19-12-5-6-16(29-10-13(20)9-17(21)23(24)25)14(8-12)22-30(26,27)18-7-11-3-1-2-4-15(11)28-18/h1-9,20,22H,10,21H2,(H,24,25)/q+1/b17-9+,20-13?. The number of sulfonamides is 1. The van der Waals surface area contributed by atoms with E-state index in [-0.39, 0.29) is 22.2 Å². The number of para-hydroxylation sites is 1. The summed E-state index contributed by atoms with van der Waals surface area (Å²) in [5.41, 5.74) is 5.85. The lowest BCUT2D eigenvalue weighted by molar-refractivity contribution is -0.756. The first-order valence-electron chi connectivity index (χ1n) is 8.30. The van der Waals surface area contributed by atoms with E-state index in [1.807, 2.05) is 0 Å². The SMILES string of the molecule is N=C(/C=C(\N)[N+](=O)O)CSc1ccc(Cl)cc1NS(=O)(=O)c1cc2ccccc2o1. The third kappa shape index (κ3) is 5.12. The lowest BCUT2D eigenvalue weighted by Gasteiger charge is -2.11. The Bertz CT molecular complexity index is 1240. The molecule has 5 N–H and O–H groups in total. The molecule has 0 spiro atoms. The second kappa shape index (κ2) is 8.78. The maximum absolute atomic E-state index is 12.8. The van der Waals surface area contributed by atoms with Gasteiger partial charge < -0.3 is 15.0 Å². The van der Waals surface area contributed by atoms with Gasteiger partial charge in [0.2, 0.25) is 5.09 Å². The van der Waals surface area contributed by atoms with Crippen LogP contribution in [0, 0.1) is 10.3 Å². The highest BCUT2D eigenvalue weighted by molar-refractivity contribution is 8.00. The zero-order chi connectivity index (χ0) is 21.9. The van der Waals surface area contributed by atoms with Crippen molar-refractivity contribution < 1.29 is 23.0 Å². The second-order valence-corrected chi connectivity index (χ2v) is 9.07. The molecule has 0 unspecified atom stereocenters. The monoisotopic (exact) mass is 467 g/mol. The van der Waals surface area contributed by atoms with Crippen molar-refractivity contribution in [3.63, 3.8) is 0 Å². The van der Waals surface area contributed by atoms with Crippen LogP contribution in [0.1, 0.15) is 0 Å². The molecule has 3 aromatic rings. The topological polar surface area (TPSA) is 149 Å². The van der Waals surface area contributed by atoms with E-state index in [1.54, 1.807) is 36.4 Å². The number of allylic oxidation sites excluding steroid dienone is 1. The first-order chi connectivity index (χ1) is 14.2. The summed E-state index contributed by atoms with van der Waals surface area (Å²) in [5, 5.41) is 17.2. The Balaban J connectivity index is 1.83. The molecule has 2 aromatic carbocycles. The molecule has 1 aromatic heterocycles. The maximum Gasteiger partial charge on any atom is 0.361 e. The van der Waals surface area contributed by atoms with Gasteiger partial charge in [-0.2, -0.15) is 8.42 Å². The van der Waals surface area contributed by atoms with Crippen molar-refractivity contribution in [2.75, 3.05) is 10.5 Å². The van der Waals surface area contributed by atoms with Crippen LogP contribution >= 0.6 is 23.4 Å². The number of nitrogens with zero attached hydrogens (tertiary/aromatic N) is 1. The Labute approximate surface area is 180 Å². The van der Waals surface area contributed by atoms with E-state index in [0.29, 0.717) is 20.9 Å². The van der Waals surface area contributed by atoms with Crippen LogP contribution in [0.2, 0.25) is 5.02 Å². The molecule has 0 aliphatic rings. The highest BCUT2D eigenvalue weighted by Gasteiger charge is 2.21.